The molecule has 0 heterocycles. The number of hydrogen-bond donors (Lipinski definition) is 1. The number of rotatable bonds is 3. The smallest absolute Gasteiger partial charge is 0.111 e. The molecule has 0 saturated heterocycles. The van der Waals surface area contributed by atoms with E-state index in [0.717, 1.165) is 6.42 Å². The van der Waals surface area contributed by atoms with E-state index in [4.69, 9.17) is 5.11 Å². The molecule has 0 aromatic carbocycles. The lowest BCUT2D eigenvalue weighted by molar-refractivity contribution is 0.356. The molecule has 0 fully saturated rings. The molecule has 0 aromatic rings. The molecule has 0 aromatic heterocycles. The second-order valence-electron chi connectivity index (χ2n) is 2.57. The van der Waals surface area contributed by atoms with Crippen LogP contribution in [0.3, 0.4) is 0 Å². The van der Waals surface area contributed by atoms with E-state index in [1.807, 2.05) is 13.8 Å². The zero-order valence-corrected chi connectivity index (χ0v) is 7.19. The van der Waals surface area contributed by atoms with Gasteiger partial charge >= 0.3 is 0 Å². The van der Waals surface area contributed by atoms with Gasteiger partial charge in [0.05, 0.1) is 6.35 Å². The van der Waals surface area contributed by atoms with Crippen molar-refractivity contribution in [2.45, 2.75) is 25.9 Å². The van der Waals surface area contributed by atoms with Gasteiger partial charge in [-0.3, -0.25) is 0 Å². The van der Waals surface area contributed by atoms with Crippen LogP contribution in [-0.2, 0) is 4.57 Å². The van der Waals surface area contributed by atoms with Crippen molar-refractivity contribution in [1.82, 2.24) is 0 Å². The van der Waals surface area contributed by atoms with Gasteiger partial charge in [0.1, 0.15) is 7.14 Å². The maximum atomic E-state index is 11.3. The third kappa shape index (κ3) is 2.51. The summed E-state index contributed by atoms with van der Waals surface area (Å²) in [5.41, 5.74) is 0.169. The van der Waals surface area contributed by atoms with Crippen LogP contribution in [0.25, 0.3) is 0 Å². The predicted molar refractivity (Wildman–Crippen MR) is 40.4 cm³/mol. The molecule has 3 heteroatoms. The summed E-state index contributed by atoms with van der Waals surface area (Å²) in [6.07, 6.45) is 0.732. The molecule has 56 valence electrons. The van der Waals surface area contributed by atoms with Gasteiger partial charge in [0.15, 0.2) is 0 Å². The second kappa shape index (κ2) is 3.38. The molecular weight excluding hydrogens is 135 g/mol. The summed E-state index contributed by atoms with van der Waals surface area (Å²) in [4.78, 5) is 0. The Morgan fingerprint density at radius 3 is 2.22 bits per heavy atom. The number of aliphatic hydroxyl groups excluding tert-OH is 1. The van der Waals surface area contributed by atoms with Crippen LogP contribution in [0.2, 0.25) is 0 Å². The molecular formula is C6H15O2P. The minimum absolute atomic E-state index is 0.151. The van der Waals surface area contributed by atoms with Crippen molar-refractivity contribution < 1.29 is 9.67 Å². The molecule has 0 aliphatic rings. The highest BCUT2D eigenvalue weighted by atomic mass is 31.2. The summed E-state index contributed by atoms with van der Waals surface area (Å²) >= 11 is 0. The molecule has 0 spiro atoms. The predicted octanol–water partition coefficient (Wildman–Crippen LogP) is 1.73. The lowest BCUT2D eigenvalue weighted by Crippen LogP contribution is -2.03. The van der Waals surface area contributed by atoms with Crippen LogP contribution in [0.4, 0.5) is 0 Å². The highest BCUT2D eigenvalue weighted by Crippen LogP contribution is 2.46. The minimum Gasteiger partial charge on any atom is -0.389 e. The van der Waals surface area contributed by atoms with Crippen molar-refractivity contribution in [2.24, 2.45) is 0 Å². The van der Waals surface area contributed by atoms with Crippen LogP contribution in [0.5, 0.6) is 0 Å². The highest BCUT2D eigenvalue weighted by Gasteiger charge is 2.20. The van der Waals surface area contributed by atoms with E-state index in [1.165, 1.54) is 0 Å². The van der Waals surface area contributed by atoms with Crippen molar-refractivity contribution in [3.8, 4) is 0 Å². The fourth-order valence-corrected chi connectivity index (χ4v) is 1.58. The fourth-order valence-electron chi connectivity index (χ4n) is 0.526. The van der Waals surface area contributed by atoms with Crippen molar-refractivity contribution in [3.05, 3.63) is 0 Å². The second-order valence-corrected chi connectivity index (χ2v) is 6.09. The van der Waals surface area contributed by atoms with Crippen LogP contribution in [0.15, 0.2) is 0 Å². The van der Waals surface area contributed by atoms with Crippen LogP contribution in [0, 0.1) is 0 Å². The minimum atomic E-state index is -2.21. The molecule has 1 N–H and O–H groups in total. The van der Waals surface area contributed by atoms with E-state index in [0.29, 0.717) is 0 Å². The van der Waals surface area contributed by atoms with Gasteiger partial charge in [-0.05, 0) is 13.1 Å². The standard InChI is InChI=1S/C6H15O2P/c1-4-6(2)9(3,8)5-7/h6-7H,4-5H2,1-3H3. The fraction of sp³-hybridized carbons (Fsp3) is 1.00. The average molecular weight is 150 g/mol. The summed E-state index contributed by atoms with van der Waals surface area (Å²) in [7, 11) is -2.21. The Labute approximate surface area is 56.6 Å². The lowest BCUT2D eigenvalue weighted by atomic mass is 10.4. The largest absolute Gasteiger partial charge is 0.389 e. The normalized spacial score (nSPS) is 20.9. The Hall–Kier alpha value is 0.190. The molecule has 2 atom stereocenters. The first kappa shape index (κ1) is 9.19. The van der Waals surface area contributed by atoms with Gasteiger partial charge in [0, 0.05) is 5.66 Å². The third-order valence-corrected chi connectivity index (χ3v) is 4.60. The van der Waals surface area contributed by atoms with Gasteiger partial charge in [-0.15, -0.1) is 0 Å². The zero-order chi connectivity index (χ0) is 7.49. The van der Waals surface area contributed by atoms with Gasteiger partial charge in [-0.25, -0.2) is 0 Å². The van der Waals surface area contributed by atoms with E-state index in [-0.39, 0.29) is 12.0 Å². The Bertz CT molecular complexity index is 122. The quantitative estimate of drug-likeness (QED) is 0.622. The SMILES string of the molecule is CCC(C)P(C)(=O)CO. The van der Waals surface area contributed by atoms with Crippen molar-refractivity contribution >= 4 is 7.14 Å². The van der Waals surface area contributed by atoms with E-state index in [9.17, 15) is 4.57 Å². The molecule has 0 rings (SSSR count). The Morgan fingerprint density at radius 2 is 2.11 bits per heavy atom. The van der Waals surface area contributed by atoms with Gasteiger partial charge in [0.2, 0.25) is 0 Å². The van der Waals surface area contributed by atoms with E-state index >= 15 is 0 Å². The van der Waals surface area contributed by atoms with Gasteiger partial charge in [-0.2, -0.15) is 0 Å². The number of hydrogen-bond acceptors (Lipinski definition) is 2. The van der Waals surface area contributed by atoms with Gasteiger partial charge < -0.3 is 9.67 Å². The molecule has 2 nitrogen and oxygen atoms in total. The molecule has 0 saturated carbocycles. The first-order chi connectivity index (χ1) is 4.04. The highest BCUT2D eigenvalue weighted by molar-refractivity contribution is 7.63. The van der Waals surface area contributed by atoms with Crippen molar-refractivity contribution in [3.63, 3.8) is 0 Å². The monoisotopic (exact) mass is 150 g/mol. The summed E-state index contributed by atoms with van der Waals surface area (Å²) in [6.45, 7) is 5.55. The first-order valence-corrected chi connectivity index (χ1v) is 5.62. The Morgan fingerprint density at radius 1 is 1.67 bits per heavy atom. The molecule has 2 unspecified atom stereocenters. The summed E-state index contributed by atoms with van der Waals surface area (Å²) in [5.74, 6) is 0. The summed E-state index contributed by atoms with van der Waals surface area (Å²) in [6, 6.07) is 0. The maximum absolute atomic E-state index is 11.3. The Kier molecular flexibility index (Phi) is 3.45. The van der Waals surface area contributed by atoms with Crippen molar-refractivity contribution in [2.75, 3.05) is 13.0 Å². The topological polar surface area (TPSA) is 37.3 Å². The van der Waals surface area contributed by atoms with E-state index < -0.39 is 7.14 Å². The van der Waals surface area contributed by atoms with Crippen molar-refractivity contribution in [1.29, 1.82) is 0 Å². The molecule has 9 heavy (non-hydrogen) atoms. The van der Waals surface area contributed by atoms with E-state index in [1.54, 1.807) is 6.66 Å². The molecule has 0 amide bonds. The van der Waals surface area contributed by atoms with E-state index in [2.05, 4.69) is 0 Å². The van der Waals surface area contributed by atoms with Crippen LogP contribution >= 0.6 is 7.14 Å². The molecule has 0 radical (unpaired) electrons. The Balaban J connectivity index is 3.98. The molecule has 0 aliphatic carbocycles. The van der Waals surface area contributed by atoms with Crippen LogP contribution in [0.1, 0.15) is 20.3 Å². The average Bonchev–Trinajstić information content (AvgIpc) is 1.86. The third-order valence-electron chi connectivity index (χ3n) is 1.80. The summed E-state index contributed by atoms with van der Waals surface area (Å²) < 4.78 is 11.3. The van der Waals surface area contributed by atoms with Crippen LogP contribution in [-0.4, -0.2) is 23.8 Å². The van der Waals surface area contributed by atoms with Gasteiger partial charge in [-0.1, -0.05) is 13.8 Å². The maximum Gasteiger partial charge on any atom is 0.111 e. The molecule has 0 bridgehead atoms. The number of aliphatic hydroxyl groups is 1. The zero-order valence-electron chi connectivity index (χ0n) is 6.29. The molecule has 0 aliphatic heterocycles. The lowest BCUT2D eigenvalue weighted by Gasteiger charge is -2.15. The summed E-state index contributed by atoms with van der Waals surface area (Å²) in [5, 5.41) is 8.63. The first-order valence-electron chi connectivity index (χ1n) is 3.21. The van der Waals surface area contributed by atoms with Gasteiger partial charge in [0.25, 0.3) is 0 Å². The van der Waals surface area contributed by atoms with Crippen LogP contribution < -0.4 is 0 Å².